The van der Waals surface area contributed by atoms with Crippen molar-refractivity contribution in [2.75, 3.05) is 0 Å². The average molecular weight is 246 g/mol. The summed E-state index contributed by atoms with van der Waals surface area (Å²) >= 11 is 7.99. The molecule has 0 aromatic rings. The van der Waals surface area contributed by atoms with E-state index in [0.29, 0.717) is 0 Å². The first-order valence-electron chi connectivity index (χ1n) is 2.83. The average Bonchev–Trinajstić information content (AvgIpc) is 1.83. The summed E-state index contributed by atoms with van der Waals surface area (Å²) < 4.78 is 0. The van der Waals surface area contributed by atoms with E-state index < -0.39 is 10.2 Å². The zero-order chi connectivity index (χ0) is 12.3. The van der Waals surface area contributed by atoms with Gasteiger partial charge in [-0.2, -0.15) is 0 Å². The number of nitrogens with zero attached hydrogens (tertiary/aromatic N) is 2. The van der Waals surface area contributed by atoms with Crippen LogP contribution < -0.4 is 0 Å². The third kappa shape index (κ3) is 130. The van der Waals surface area contributed by atoms with Gasteiger partial charge in [-0.25, -0.2) is 0 Å². The van der Waals surface area contributed by atoms with Gasteiger partial charge in [-0.15, -0.1) is 45.5 Å². The molecule has 0 bridgehead atoms. The van der Waals surface area contributed by atoms with Crippen LogP contribution in [0.3, 0.4) is 0 Å². The van der Waals surface area contributed by atoms with E-state index in [1.807, 2.05) is 13.8 Å². The zero-order valence-electron chi connectivity index (χ0n) is 7.32. The Balaban J connectivity index is -0.000000135. The van der Waals surface area contributed by atoms with E-state index in [1.54, 1.807) is 0 Å². The van der Waals surface area contributed by atoms with Crippen LogP contribution in [0.25, 0.3) is 0 Å². The molecule has 84 valence electrons. The summed E-state index contributed by atoms with van der Waals surface area (Å²) in [6.07, 6.45) is 0. The fourth-order valence-electron chi connectivity index (χ4n) is 0. The topological polar surface area (TPSA) is 127 Å². The van der Waals surface area contributed by atoms with Gasteiger partial charge in [0.1, 0.15) is 0 Å². The maximum absolute atomic E-state index is 8.36. The summed E-state index contributed by atoms with van der Waals surface area (Å²) in [5.41, 5.74) is 0. The molecule has 0 unspecified atom stereocenters. The van der Waals surface area contributed by atoms with E-state index in [4.69, 9.17) is 30.6 Å². The molecule has 0 rings (SSSR count). The van der Waals surface area contributed by atoms with Crippen LogP contribution in [0.15, 0.2) is 9.81 Å². The van der Waals surface area contributed by atoms with Crippen molar-refractivity contribution < 1.29 is 20.6 Å². The quantitative estimate of drug-likeness (QED) is 0.290. The first kappa shape index (κ1) is 18.6. The Morgan fingerprint density at radius 2 is 1.07 bits per heavy atom. The molecule has 0 amide bonds. The second-order valence-electron chi connectivity index (χ2n) is 1.65. The lowest BCUT2D eigenvalue weighted by atomic mass is 10.6. The van der Waals surface area contributed by atoms with Crippen LogP contribution in [0, 0.1) is 20.2 Å². The molecule has 8 nitrogen and oxygen atoms in total. The van der Waals surface area contributed by atoms with Crippen LogP contribution in [-0.2, 0) is 0 Å². The van der Waals surface area contributed by atoms with Crippen LogP contribution in [0.5, 0.6) is 0 Å². The van der Waals surface area contributed by atoms with E-state index >= 15 is 0 Å². The Labute approximate surface area is 90.3 Å². The lowest BCUT2D eigenvalue weighted by Crippen LogP contribution is -1.81. The normalized spacial score (nSPS) is 9.43. The van der Waals surface area contributed by atoms with Gasteiger partial charge in [0, 0.05) is 0 Å². The van der Waals surface area contributed by atoms with Crippen LogP contribution in [0.1, 0.15) is 13.8 Å². The van der Waals surface area contributed by atoms with Crippen LogP contribution >= 0.6 is 25.3 Å². The molecule has 10 heteroatoms. The van der Waals surface area contributed by atoms with Gasteiger partial charge in [-0.1, -0.05) is 0 Å². The summed E-state index contributed by atoms with van der Waals surface area (Å²) in [7, 11) is 0. The molecule has 0 aromatic heterocycles. The minimum Gasteiger partial charge on any atom is -0.328 e. The molecule has 0 spiro atoms. The maximum Gasteiger partial charge on any atom is 0.291 e. The van der Waals surface area contributed by atoms with Crippen LogP contribution in [-0.4, -0.2) is 20.6 Å². The van der Waals surface area contributed by atoms with Gasteiger partial charge in [0.2, 0.25) is 0 Å². The highest BCUT2D eigenvalue weighted by Gasteiger charge is 1.77. The Kier molecular flexibility index (Phi) is 15.7. The van der Waals surface area contributed by atoms with Crippen molar-refractivity contribution in [3.8, 4) is 0 Å². The van der Waals surface area contributed by atoms with E-state index in [0.717, 1.165) is 9.81 Å². The van der Waals surface area contributed by atoms with E-state index in [1.165, 1.54) is 0 Å². The second kappa shape index (κ2) is 11.8. The molecule has 0 aliphatic rings. The minimum atomic E-state index is -1.50. The van der Waals surface area contributed by atoms with Gasteiger partial charge in [0.05, 0.1) is 0 Å². The van der Waals surface area contributed by atoms with Crippen molar-refractivity contribution in [2.24, 2.45) is 0 Å². The first-order chi connectivity index (χ1) is 6.11. The highest BCUT2D eigenvalue weighted by Crippen LogP contribution is 2.08. The molecule has 0 radical (unpaired) electrons. The SMILES string of the molecule is CC(S)=C(C)S.O=[N+]([O-])O.O=[N+]([O-])O. The van der Waals surface area contributed by atoms with Crippen molar-refractivity contribution in [2.45, 2.75) is 13.8 Å². The Morgan fingerprint density at radius 3 is 1.07 bits per heavy atom. The minimum absolute atomic E-state index is 0.985. The van der Waals surface area contributed by atoms with Gasteiger partial charge in [-0.3, -0.25) is 0 Å². The Morgan fingerprint density at radius 1 is 1.00 bits per heavy atom. The number of hydrogen-bond acceptors (Lipinski definition) is 6. The molecule has 0 aromatic carbocycles. The zero-order valence-corrected chi connectivity index (χ0v) is 9.11. The van der Waals surface area contributed by atoms with Gasteiger partial charge >= 0.3 is 0 Å². The van der Waals surface area contributed by atoms with Crippen molar-refractivity contribution in [1.82, 2.24) is 0 Å². The molecule has 0 saturated carbocycles. The van der Waals surface area contributed by atoms with Crippen molar-refractivity contribution >= 4 is 25.3 Å². The predicted molar refractivity (Wildman–Crippen MR) is 53.9 cm³/mol. The Hall–Kier alpha value is -1.16. The summed E-state index contributed by atoms with van der Waals surface area (Å²) in [5.74, 6) is 0. The molecule has 0 saturated heterocycles. The number of hydrogen-bond donors (Lipinski definition) is 4. The molecule has 0 atom stereocenters. The summed E-state index contributed by atoms with van der Waals surface area (Å²) in [6.45, 7) is 3.82. The monoisotopic (exact) mass is 246 g/mol. The smallest absolute Gasteiger partial charge is 0.291 e. The van der Waals surface area contributed by atoms with Crippen molar-refractivity contribution in [3.05, 3.63) is 30.0 Å². The van der Waals surface area contributed by atoms with Crippen molar-refractivity contribution in [3.63, 3.8) is 0 Å². The van der Waals surface area contributed by atoms with Crippen molar-refractivity contribution in [1.29, 1.82) is 0 Å². The van der Waals surface area contributed by atoms with Crippen LogP contribution in [0.4, 0.5) is 0 Å². The third-order valence-electron chi connectivity index (χ3n) is 0.524. The molecular weight excluding hydrogens is 236 g/mol. The molecule has 14 heavy (non-hydrogen) atoms. The Bertz CT molecular complexity index is 180. The van der Waals surface area contributed by atoms with Gasteiger partial charge in [0.25, 0.3) is 10.2 Å². The van der Waals surface area contributed by atoms with Gasteiger partial charge < -0.3 is 10.4 Å². The lowest BCUT2D eigenvalue weighted by molar-refractivity contribution is -0.742. The predicted octanol–water partition coefficient (Wildman–Crippen LogP) is 1.40. The lowest BCUT2D eigenvalue weighted by Gasteiger charge is -1.85. The molecule has 0 aliphatic heterocycles. The summed E-state index contributed by atoms with van der Waals surface area (Å²) in [5, 5.41) is 27.3. The third-order valence-corrected chi connectivity index (χ3v) is 1.37. The second-order valence-corrected chi connectivity index (χ2v) is 2.99. The van der Waals surface area contributed by atoms with Crippen LogP contribution in [0.2, 0.25) is 0 Å². The number of thiol groups is 2. The fraction of sp³-hybridized carbons (Fsp3) is 0.500. The number of allylic oxidation sites excluding steroid dienone is 2. The van der Waals surface area contributed by atoms with Gasteiger partial charge in [-0.05, 0) is 23.7 Å². The highest BCUT2D eigenvalue weighted by atomic mass is 32.1. The standard InChI is InChI=1S/C4H8S2.2HNO3/c1-3(5)4(2)6;2*2-1(3)4/h5-6H,1-2H3;2*(H,2,3,4). The van der Waals surface area contributed by atoms with E-state index in [2.05, 4.69) is 25.3 Å². The molecule has 0 aliphatic carbocycles. The molecule has 0 heterocycles. The summed E-state index contributed by atoms with van der Waals surface area (Å²) in [6, 6.07) is 0. The summed E-state index contributed by atoms with van der Waals surface area (Å²) in [4.78, 5) is 18.7. The first-order valence-corrected chi connectivity index (χ1v) is 3.72. The fourth-order valence-corrected chi connectivity index (χ4v) is 0. The largest absolute Gasteiger partial charge is 0.328 e. The van der Waals surface area contributed by atoms with E-state index in [-0.39, 0.29) is 0 Å². The highest BCUT2D eigenvalue weighted by molar-refractivity contribution is 7.88. The molecule has 0 fully saturated rings. The van der Waals surface area contributed by atoms with E-state index in [9.17, 15) is 0 Å². The van der Waals surface area contributed by atoms with Gasteiger partial charge in [0.15, 0.2) is 0 Å². The molecule has 2 N–H and O–H groups in total. The molecular formula is C4H10N2O6S2. The number of rotatable bonds is 0. The maximum atomic E-state index is 8.36.